The first-order chi connectivity index (χ1) is 9.22. The topological polar surface area (TPSA) is 52.8 Å². The van der Waals surface area contributed by atoms with E-state index >= 15 is 0 Å². The average Bonchev–Trinajstić information content (AvgIpc) is 2.85. The Morgan fingerprint density at radius 1 is 1.42 bits per heavy atom. The molecule has 0 aliphatic rings. The van der Waals surface area contributed by atoms with E-state index in [0.717, 1.165) is 27.9 Å². The molecule has 0 aliphatic heterocycles. The Morgan fingerprint density at radius 3 is 2.95 bits per heavy atom. The summed E-state index contributed by atoms with van der Waals surface area (Å²) in [5.74, 6) is 1.56. The van der Waals surface area contributed by atoms with Gasteiger partial charge < -0.3 is 4.74 Å². The zero-order chi connectivity index (χ0) is 13.7. The number of hydrogen-bond donors (Lipinski definition) is 0. The Morgan fingerprint density at radius 2 is 2.21 bits per heavy atom. The molecule has 0 radical (unpaired) electrons. The molecule has 1 heterocycles. The van der Waals surface area contributed by atoms with E-state index in [4.69, 9.17) is 4.74 Å². The van der Waals surface area contributed by atoms with E-state index < -0.39 is 0 Å². The molecule has 19 heavy (non-hydrogen) atoms. The summed E-state index contributed by atoms with van der Waals surface area (Å²) in [4.78, 5) is 0. The number of para-hydroxylation sites is 2. The van der Waals surface area contributed by atoms with Crippen molar-refractivity contribution in [2.45, 2.75) is 19.0 Å². The van der Waals surface area contributed by atoms with Crippen LogP contribution in [-0.2, 0) is 0 Å². The molecular formula is C13H16N4OS. The van der Waals surface area contributed by atoms with Gasteiger partial charge in [-0.05, 0) is 36.4 Å². The largest absolute Gasteiger partial charge is 0.492 e. The van der Waals surface area contributed by atoms with Crippen LogP contribution < -0.4 is 4.74 Å². The van der Waals surface area contributed by atoms with Crippen LogP contribution in [-0.4, -0.2) is 32.6 Å². The number of thioether (sulfide) groups is 1. The summed E-state index contributed by atoms with van der Waals surface area (Å²) in [6.45, 7) is 8.42. The van der Waals surface area contributed by atoms with Gasteiger partial charge in [0.2, 0.25) is 5.16 Å². The monoisotopic (exact) mass is 276 g/mol. The van der Waals surface area contributed by atoms with Crippen molar-refractivity contribution in [1.29, 1.82) is 0 Å². The van der Waals surface area contributed by atoms with Gasteiger partial charge in [-0.15, -0.1) is 5.10 Å². The number of hydrogen-bond acceptors (Lipinski definition) is 5. The number of ether oxygens (including phenoxy) is 1. The summed E-state index contributed by atoms with van der Waals surface area (Å²) in [7, 11) is 0. The highest BCUT2D eigenvalue weighted by Crippen LogP contribution is 2.26. The first-order valence-corrected chi connectivity index (χ1v) is 6.98. The molecule has 0 N–H and O–H groups in total. The van der Waals surface area contributed by atoms with Crippen LogP contribution in [0, 0.1) is 0 Å². The molecule has 5 nitrogen and oxygen atoms in total. The first kappa shape index (κ1) is 13.6. The fraction of sp³-hybridized carbons (Fsp3) is 0.308. The van der Waals surface area contributed by atoms with Gasteiger partial charge in [0.25, 0.3) is 0 Å². The van der Waals surface area contributed by atoms with Crippen molar-refractivity contribution in [1.82, 2.24) is 20.2 Å². The van der Waals surface area contributed by atoms with E-state index in [2.05, 4.69) is 22.1 Å². The van der Waals surface area contributed by atoms with Crippen LogP contribution >= 0.6 is 11.8 Å². The maximum atomic E-state index is 5.60. The van der Waals surface area contributed by atoms with E-state index in [-0.39, 0.29) is 0 Å². The lowest BCUT2D eigenvalue weighted by molar-refractivity contribution is 0.337. The second-order valence-corrected chi connectivity index (χ2v) is 4.96. The highest BCUT2D eigenvalue weighted by atomic mass is 32.2. The van der Waals surface area contributed by atoms with E-state index in [1.54, 1.807) is 16.4 Å². The first-order valence-electron chi connectivity index (χ1n) is 6.00. The minimum absolute atomic E-state index is 0.605. The molecule has 0 saturated heterocycles. The van der Waals surface area contributed by atoms with Crippen molar-refractivity contribution >= 4 is 11.8 Å². The summed E-state index contributed by atoms with van der Waals surface area (Å²) in [5.41, 5.74) is 1.93. The fourth-order valence-electron chi connectivity index (χ4n) is 1.52. The predicted octanol–water partition coefficient (Wildman–Crippen LogP) is 2.73. The fourth-order valence-corrected chi connectivity index (χ4v) is 2.24. The molecule has 1 aromatic heterocycles. The number of nitrogens with zero attached hydrogens (tertiary/aromatic N) is 4. The molecule has 0 fully saturated rings. The van der Waals surface area contributed by atoms with Crippen molar-refractivity contribution in [3.8, 4) is 11.4 Å². The zero-order valence-corrected chi connectivity index (χ0v) is 11.9. The van der Waals surface area contributed by atoms with Gasteiger partial charge in [-0.3, -0.25) is 0 Å². The molecular weight excluding hydrogens is 260 g/mol. The zero-order valence-electron chi connectivity index (χ0n) is 11.0. The second-order valence-electron chi connectivity index (χ2n) is 4.02. The van der Waals surface area contributed by atoms with Crippen LogP contribution in [0.5, 0.6) is 5.75 Å². The average molecular weight is 276 g/mol. The summed E-state index contributed by atoms with van der Waals surface area (Å²) in [5, 5.41) is 12.5. The number of aromatic nitrogens is 4. The van der Waals surface area contributed by atoms with E-state index in [0.29, 0.717) is 6.61 Å². The van der Waals surface area contributed by atoms with Gasteiger partial charge in [-0.25, -0.2) is 0 Å². The molecule has 0 saturated carbocycles. The number of rotatable bonds is 6. The van der Waals surface area contributed by atoms with Crippen LogP contribution in [0.25, 0.3) is 5.69 Å². The van der Waals surface area contributed by atoms with Gasteiger partial charge >= 0.3 is 0 Å². The molecule has 2 aromatic rings. The second kappa shape index (κ2) is 6.38. The summed E-state index contributed by atoms with van der Waals surface area (Å²) in [6, 6.07) is 7.71. The van der Waals surface area contributed by atoms with Crippen LogP contribution in [0.1, 0.15) is 13.8 Å². The Balaban J connectivity index is 2.31. The lowest BCUT2D eigenvalue weighted by Crippen LogP contribution is -2.03. The highest BCUT2D eigenvalue weighted by Gasteiger charge is 2.12. The number of benzene rings is 1. The smallest absolute Gasteiger partial charge is 0.214 e. The Bertz CT molecular complexity index is 567. The molecule has 0 aliphatic carbocycles. The standard InChI is InChI=1S/C13H16N4OS/c1-4-18-12-8-6-5-7-11(12)17-13(14-15-16-17)19-9-10(2)3/h5-8H,2,4,9H2,1,3H3. The third-order valence-electron chi connectivity index (χ3n) is 2.28. The van der Waals surface area contributed by atoms with E-state index in [1.807, 2.05) is 38.1 Å². The molecule has 1 aromatic carbocycles. The van der Waals surface area contributed by atoms with Gasteiger partial charge in [0.1, 0.15) is 11.4 Å². The van der Waals surface area contributed by atoms with Gasteiger partial charge in [-0.1, -0.05) is 36.0 Å². The van der Waals surface area contributed by atoms with Gasteiger partial charge in [0.05, 0.1) is 6.61 Å². The van der Waals surface area contributed by atoms with Crippen molar-refractivity contribution in [3.05, 3.63) is 36.4 Å². The van der Waals surface area contributed by atoms with Crippen LogP contribution in [0.4, 0.5) is 0 Å². The lowest BCUT2D eigenvalue weighted by atomic mass is 10.3. The molecule has 100 valence electrons. The number of tetrazole rings is 1. The third-order valence-corrected chi connectivity index (χ3v) is 3.43. The summed E-state index contributed by atoms with van der Waals surface area (Å²) >= 11 is 1.56. The van der Waals surface area contributed by atoms with Crippen molar-refractivity contribution in [3.63, 3.8) is 0 Å². The van der Waals surface area contributed by atoms with Crippen molar-refractivity contribution in [2.24, 2.45) is 0 Å². The molecule has 0 atom stereocenters. The quantitative estimate of drug-likeness (QED) is 0.600. The molecule has 0 unspecified atom stereocenters. The van der Waals surface area contributed by atoms with Crippen LogP contribution in [0.3, 0.4) is 0 Å². The third kappa shape index (κ3) is 3.35. The minimum atomic E-state index is 0.605. The Kier molecular flexibility index (Phi) is 4.57. The minimum Gasteiger partial charge on any atom is -0.492 e. The normalized spacial score (nSPS) is 10.4. The molecule has 2 rings (SSSR count). The Labute approximate surface area is 116 Å². The van der Waals surface area contributed by atoms with Gasteiger partial charge in [0, 0.05) is 5.75 Å². The van der Waals surface area contributed by atoms with Crippen LogP contribution in [0.2, 0.25) is 0 Å². The van der Waals surface area contributed by atoms with Gasteiger partial charge in [-0.2, -0.15) is 4.68 Å². The predicted molar refractivity (Wildman–Crippen MR) is 75.9 cm³/mol. The van der Waals surface area contributed by atoms with Crippen molar-refractivity contribution < 1.29 is 4.74 Å². The summed E-state index contributed by atoms with van der Waals surface area (Å²) in [6.07, 6.45) is 0. The van der Waals surface area contributed by atoms with E-state index in [9.17, 15) is 0 Å². The maximum Gasteiger partial charge on any atom is 0.214 e. The Hall–Kier alpha value is -1.82. The summed E-state index contributed by atoms with van der Waals surface area (Å²) < 4.78 is 7.29. The van der Waals surface area contributed by atoms with Crippen LogP contribution in [0.15, 0.2) is 41.6 Å². The molecule has 0 amide bonds. The highest BCUT2D eigenvalue weighted by molar-refractivity contribution is 7.99. The molecule has 6 heteroatoms. The van der Waals surface area contributed by atoms with E-state index in [1.165, 1.54) is 0 Å². The lowest BCUT2D eigenvalue weighted by Gasteiger charge is -2.10. The molecule has 0 bridgehead atoms. The maximum absolute atomic E-state index is 5.60. The van der Waals surface area contributed by atoms with Gasteiger partial charge in [0.15, 0.2) is 0 Å². The van der Waals surface area contributed by atoms with Crippen molar-refractivity contribution in [2.75, 3.05) is 12.4 Å². The molecule has 0 spiro atoms. The SMILES string of the molecule is C=C(C)CSc1nnnn1-c1ccccc1OCC.